The summed E-state index contributed by atoms with van der Waals surface area (Å²) in [6.07, 6.45) is 0. The summed E-state index contributed by atoms with van der Waals surface area (Å²) in [7, 11) is 1.45. The van der Waals surface area contributed by atoms with E-state index in [1.165, 1.54) is 31.4 Å². The van der Waals surface area contributed by atoms with Crippen molar-refractivity contribution in [1.82, 2.24) is 0 Å². The van der Waals surface area contributed by atoms with Crippen molar-refractivity contribution in [1.29, 1.82) is 0 Å². The second-order valence-electron chi connectivity index (χ2n) is 4.41. The van der Waals surface area contributed by atoms with E-state index in [1.807, 2.05) is 0 Å². The lowest BCUT2D eigenvalue weighted by atomic mass is 10.0. The van der Waals surface area contributed by atoms with Gasteiger partial charge in [-0.2, -0.15) is 4.39 Å². The fraction of sp³-hybridized carbons (Fsp3) is 0.250. The Kier molecular flexibility index (Phi) is 4.85. The number of rotatable bonds is 5. The molecule has 5 heteroatoms. The van der Waals surface area contributed by atoms with Crippen LogP contribution in [0.5, 0.6) is 5.75 Å². The Bertz CT molecular complexity index is 642. The van der Waals surface area contributed by atoms with Gasteiger partial charge in [-0.1, -0.05) is 12.1 Å². The zero-order valence-electron chi connectivity index (χ0n) is 11.8. The van der Waals surface area contributed by atoms with Crippen LogP contribution in [-0.4, -0.2) is 13.7 Å². The molecular formula is C16H15F3O2. The Labute approximate surface area is 121 Å². The molecule has 0 aliphatic heterocycles. The molecule has 0 amide bonds. The van der Waals surface area contributed by atoms with Crippen LogP contribution in [0.25, 0.3) is 11.1 Å². The predicted molar refractivity (Wildman–Crippen MR) is 73.6 cm³/mol. The lowest BCUT2D eigenvalue weighted by Gasteiger charge is -2.10. The van der Waals surface area contributed by atoms with Gasteiger partial charge in [-0.15, -0.1) is 0 Å². The highest BCUT2D eigenvalue weighted by atomic mass is 19.2. The van der Waals surface area contributed by atoms with Crippen LogP contribution in [0.4, 0.5) is 13.2 Å². The zero-order valence-corrected chi connectivity index (χ0v) is 11.8. The Morgan fingerprint density at radius 2 is 1.76 bits per heavy atom. The third-order valence-electron chi connectivity index (χ3n) is 3.01. The first-order valence-electron chi connectivity index (χ1n) is 6.47. The molecular weight excluding hydrogens is 281 g/mol. The van der Waals surface area contributed by atoms with Crippen LogP contribution in [0.2, 0.25) is 0 Å². The molecule has 0 aromatic heterocycles. The molecule has 0 unspecified atom stereocenters. The number of ether oxygens (including phenoxy) is 2. The molecule has 112 valence electrons. The summed E-state index contributed by atoms with van der Waals surface area (Å²) in [5.74, 6) is -2.81. The van der Waals surface area contributed by atoms with E-state index in [0.717, 1.165) is 6.07 Å². The summed E-state index contributed by atoms with van der Waals surface area (Å²) in [6, 6.07) is 6.87. The van der Waals surface area contributed by atoms with Crippen molar-refractivity contribution in [3.63, 3.8) is 0 Å². The Balaban J connectivity index is 2.43. The highest BCUT2D eigenvalue weighted by molar-refractivity contribution is 5.65. The van der Waals surface area contributed by atoms with Gasteiger partial charge in [0.25, 0.3) is 0 Å². The predicted octanol–water partition coefficient (Wildman–Crippen LogP) is 4.32. The number of hydrogen-bond donors (Lipinski definition) is 0. The van der Waals surface area contributed by atoms with Crippen molar-refractivity contribution in [3.8, 4) is 16.9 Å². The lowest BCUT2D eigenvalue weighted by Crippen LogP contribution is -1.99. The van der Waals surface area contributed by atoms with Gasteiger partial charge in [0.05, 0.1) is 13.2 Å². The highest BCUT2D eigenvalue weighted by Crippen LogP contribution is 2.30. The molecule has 2 nitrogen and oxygen atoms in total. The largest absolute Gasteiger partial charge is 0.491 e. The molecule has 21 heavy (non-hydrogen) atoms. The Morgan fingerprint density at radius 3 is 2.38 bits per heavy atom. The van der Waals surface area contributed by atoms with E-state index < -0.39 is 17.5 Å². The third kappa shape index (κ3) is 3.19. The first-order chi connectivity index (χ1) is 10.1. The summed E-state index contributed by atoms with van der Waals surface area (Å²) in [6.45, 7) is 2.03. The first-order valence-corrected chi connectivity index (χ1v) is 6.47. The lowest BCUT2D eigenvalue weighted by molar-refractivity contribution is 0.181. The van der Waals surface area contributed by atoms with Crippen LogP contribution in [0.3, 0.4) is 0 Å². The van der Waals surface area contributed by atoms with Crippen molar-refractivity contribution >= 4 is 0 Å². The molecule has 0 atom stereocenters. The fourth-order valence-electron chi connectivity index (χ4n) is 2.01. The topological polar surface area (TPSA) is 18.5 Å². The van der Waals surface area contributed by atoms with E-state index in [-0.39, 0.29) is 30.1 Å². The van der Waals surface area contributed by atoms with Crippen molar-refractivity contribution < 1.29 is 22.6 Å². The summed E-state index contributed by atoms with van der Waals surface area (Å²) in [5.41, 5.74) is 0.596. The third-order valence-corrected chi connectivity index (χ3v) is 3.01. The van der Waals surface area contributed by atoms with Crippen LogP contribution >= 0.6 is 0 Å². The van der Waals surface area contributed by atoms with Crippen molar-refractivity contribution in [2.75, 3.05) is 13.7 Å². The first kappa shape index (κ1) is 15.4. The molecule has 0 aliphatic carbocycles. The average Bonchev–Trinajstić information content (AvgIpc) is 2.47. The van der Waals surface area contributed by atoms with E-state index in [4.69, 9.17) is 9.47 Å². The molecule has 0 N–H and O–H groups in total. The quantitative estimate of drug-likeness (QED) is 0.818. The maximum Gasteiger partial charge on any atom is 0.201 e. The van der Waals surface area contributed by atoms with Gasteiger partial charge >= 0.3 is 0 Å². The van der Waals surface area contributed by atoms with E-state index in [9.17, 15) is 13.2 Å². The average molecular weight is 296 g/mol. The molecule has 2 aromatic carbocycles. The Morgan fingerprint density at radius 1 is 1.00 bits per heavy atom. The smallest absolute Gasteiger partial charge is 0.201 e. The molecule has 0 bridgehead atoms. The number of hydrogen-bond acceptors (Lipinski definition) is 2. The molecule has 2 aromatic rings. The standard InChI is InChI=1S/C16H15F3O2/c1-3-21-14-7-6-12(15(18)16(14)19)10-4-5-11(9-20-2)13(17)8-10/h4-8H,3,9H2,1-2H3. The second-order valence-corrected chi connectivity index (χ2v) is 4.41. The number of methoxy groups -OCH3 is 1. The molecule has 0 radical (unpaired) electrons. The molecule has 0 aliphatic rings. The van der Waals surface area contributed by atoms with E-state index >= 15 is 0 Å². The number of halogens is 3. The maximum absolute atomic E-state index is 14.0. The monoisotopic (exact) mass is 296 g/mol. The zero-order chi connectivity index (χ0) is 15.4. The van der Waals surface area contributed by atoms with Gasteiger partial charge in [0.2, 0.25) is 5.82 Å². The van der Waals surface area contributed by atoms with Gasteiger partial charge in [-0.05, 0) is 30.7 Å². The van der Waals surface area contributed by atoms with Crippen molar-refractivity contribution in [2.24, 2.45) is 0 Å². The summed E-state index contributed by atoms with van der Waals surface area (Å²) < 4.78 is 51.5. The van der Waals surface area contributed by atoms with E-state index in [2.05, 4.69) is 0 Å². The molecule has 0 heterocycles. The summed E-state index contributed by atoms with van der Waals surface area (Å²) in [5, 5.41) is 0. The highest BCUT2D eigenvalue weighted by Gasteiger charge is 2.16. The molecule has 0 fully saturated rings. The molecule has 0 saturated carbocycles. The van der Waals surface area contributed by atoms with Crippen molar-refractivity contribution in [2.45, 2.75) is 13.5 Å². The molecule has 0 spiro atoms. The van der Waals surface area contributed by atoms with Gasteiger partial charge in [-0.25, -0.2) is 8.78 Å². The Hall–Kier alpha value is -2.01. The van der Waals surface area contributed by atoms with Crippen LogP contribution < -0.4 is 4.74 Å². The van der Waals surface area contributed by atoms with Gasteiger partial charge in [-0.3, -0.25) is 0 Å². The number of benzene rings is 2. The normalized spacial score (nSPS) is 10.7. The van der Waals surface area contributed by atoms with Crippen LogP contribution in [0.1, 0.15) is 12.5 Å². The SMILES string of the molecule is CCOc1ccc(-c2ccc(COC)c(F)c2)c(F)c1F. The van der Waals surface area contributed by atoms with Crippen LogP contribution in [0.15, 0.2) is 30.3 Å². The van der Waals surface area contributed by atoms with Crippen molar-refractivity contribution in [3.05, 3.63) is 53.3 Å². The minimum Gasteiger partial charge on any atom is -0.491 e. The van der Waals surface area contributed by atoms with Gasteiger partial charge in [0.15, 0.2) is 11.6 Å². The van der Waals surface area contributed by atoms with Crippen LogP contribution in [0, 0.1) is 17.5 Å². The second kappa shape index (κ2) is 6.63. The van der Waals surface area contributed by atoms with E-state index in [1.54, 1.807) is 6.92 Å². The minimum atomic E-state index is -1.07. The maximum atomic E-state index is 14.0. The van der Waals surface area contributed by atoms with Gasteiger partial charge in [0, 0.05) is 18.2 Å². The van der Waals surface area contributed by atoms with Crippen LogP contribution in [-0.2, 0) is 11.3 Å². The van der Waals surface area contributed by atoms with E-state index in [0.29, 0.717) is 5.56 Å². The van der Waals surface area contributed by atoms with Gasteiger partial charge < -0.3 is 9.47 Å². The summed E-state index contributed by atoms with van der Waals surface area (Å²) >= 11 is 0. The molecule has 2 rings (SSSR count). The minimum absolute atomic E-state index is 0.0150. The van der Waals surface area contributed by atoms with Gasteiger partial charge in [0.1, 0.15) is 5.82 Å². The molecule has 0 saturated heterocycles. The fourth-order valence-corrected chi connectivity index (χ4v) is 2.01. The summed E-state index contributed by atoms with van der Waals surface area (Å²) in [4.78, 5) is 0.